The number of rotatable bonds is 3. The summed E-state index contributed by atoms with van der Waals surface area (Å²) < 4.78 is 27.8. The Hall–Kier alpha value is -2.16. The van der Waals surface area contributed by atoms with Crippen molar-refractivity contribution in [2.45, 2.75) is 30.2 Å². The minimum Gasteiger partial charge on any atom is -0.207 e. The Balaban J connectivity index is 1.87. The average molecular weight is 312 g/mol. The van der Waals surface area contributed by atoms with Gasteiger partial charge in [0, 0.05) is 6.04 Å². The quantitative estimate of drug-likeness (QED) is 0.947. The molecule has 0 heterocycles. The Morgan fingerprint density at radius 3 is 2.55 bits per heavy atom. The molecule has 0 radical (unpaired) electrons. The minimum atomic E-state index is -3.59. The van der Waals surface area contributed by atoms with Gasteiger partial charge < -0.3 is 0 Å². The molecule has 1 N–H and O–H groups in total. The third-order valence-electron chi connectivity index (χ3n) is 3.96. The zero-order chi connectivity index (χ0) is 15.6. The van der Waals surface area contributed by atoms with Crippen LogP contribution in [0.4, 0.5) is 0 Å². The summed E-state index contributed by atoms with van der Waals surface area (Å²) in [4.78, 5) is 0.189. The standard InChI is InChI=1S/C17H16N2O2S/c18-12-13-8-10-15(11-9-13)22(20,21)19-17-7-3-5-14-4-1-2-6-16(14)17/h1-2,4,6,8-11,17,19H,3,5,7H2. The predicted molar refractivity (Wildman–Crippen MR) is 83.6 cm³/mol. The van der Waals surface area contributed by atoms with E-state index in [4.69, 9.17) is 5.26 Å². The lowest BCUT2D eigenvalue weighted by atomic mass is 9.88. The van der Waals surface area contributed by atoms with Gasteiger partial charge in [-0.15, -0.1) is 0 Å². The van der Waals surface area contributed by atoms with E-state index in [0.29, 0.717) is 5.56 Å². The van der Waals surface area contributed by atoms with Crippen LogP contribution in [-0.4, -0.2) is 8.42 Å². The van der Waals surface area contributed by atoms with E-state index in [-0.39, 0.29) is 10.9 Å². The van der Waals surface area contributed by atoms with E-state index in [9.17, 15) is 8.42 Å². The third kappa shape index (κ3) is 2.89. The van der Waals surface area contributed by atoms with Gasteiger partial charge in [0.05, 0.1) is 16.5 Å². The molecule has 0 aliphatic heterocycles. The van der Waals surface area contributed by atoms with Gasteiger partial charge in [-0.25, -0.2) is 13.1 Å². The number of fused-ring (bicyclic) bond motifs is 1. The number of nitrogens with one attached hydrogen (secondary N) is 1. The fourth-order valence-corrected chi connectivity index (χ4v) is 4.09. The molecule has 1 aliphatic carbocycles. The summed E-state index contributed by atoms with van der Waals surface area (Å²) in [5.41, 5.74) is 2.72. The van der Waals surface area contributed by atoms with Crippen molar-refractivity contribution in [3.63, 3.8) is 0 Å². The van der Waals surface area contributed by atoms with E-state index < -0.39 is 10.0 Å². The first-order valence-corrected chi connectivity index (χ1v) is 8.69. The van der Waals surface area contributed by atoms with Crippen molar-refractivity contribution < 1.29 is 8.42 Å². The molecule has 112 valence electrons. The van der Waals surface area contributed by atoms with E-state index in [1.54, 1.807) is 0 Å². The van der Waals surface area contributed by atoms with Gasteiger partial charge in [0.25, 0.3) is 0 Å². The molecule has 2 aromatic rings. The van der Waals surface area contributed by atoms with Gasteiger partial charge in [-0.3, -0.25) is 0 Å². The fourth-order valence-electron chi connectivity index (χ4n) is 2.84. The first-order valence-electron chi connectivity index (χ1n) is 7.20. The van der Waals surface area contributed by atoms with Crippen LogP contribution < -0.4 is 4.72 Å². The van der Waals surface area contributed by atoms with Gasteiger partial charge in [0.15, 0.2) is 0 Å². The predicted octanol–water partition coefficient (Wildman–Crippen LogP) is 2.91. The first kappa shape index (κ1) is 14.8. The minimum absolute atomic E-state index is 0.189. The van der Waals surface area contributed by atoms with Crippen LogP contribution in [0, 0.1) is 11.3 Å². The highest BCUT2D eigenvalue weighted by atomic mass is 32.2. The molecular formula is C17H16N2O2S. The van der Waals surface area contributed by atoms with Crippen LogP contribution in [0.2, 0.25) is 0 Å². The van der Waals surface area contributed by atoms with Gasteiger partial charge in [-0.1, -0.05) is 24.3 Å². The van der Waals surface area contributed by atoms with Crippen molar-refractivity contribution in [2.75, 3.05) is 0 Å². The Kier molecular flexibility index (Phi) is 3.97. The summed E-state index contributed by atoms with van der Waals surface area (Å²) in [7, 11) is -3.59. The Morgan fingerprint density at radius 1 is 1.09 bits per heavy atom. The fraction of sp³-hybridized carbons (Fsp3) is 0.235. The Morgan fingerprint density at radius 2 is 1.82 bits per heavy atom. The van der Waals surface area contributed by atoms with Crippen LogP contribution in [0.15, 0.2) is 53.4 Å². The molecule has 3 rings (SSSR count). The molecule has 1 aliphatic rings. The van der Waals surface area contributed by atoms with Gasteiger partial charge in [0.1, 0.15) is 0 Å². The molecule has 1 unspecified atom stereocenters. The summed E-state index contributed by atoms with van der Waals surface area (Å²) in [6, 6.07) is 15.7. The summed E-state index contributed by atoms with van der Waals surface area (Å²) in [6.07, 6.45) is 2.76. The van der Waals surface area contributed by atoms with E-state index in [2.05, 4.69) is 10.8 Å². The van der Waals surface area contributed by atoms with E-state index >= 15 is 0 Å². The second-order valence-corrected chi connectivity index (χ2v) is 7.12. The molecule has 0 spiro atoms. The maximum Gasteiger partial charge on any atom is 0.241 e. The molecular weight excluding hydrogens is 296 g/mol. The van der Waals surface area contributed by atoms with Crippen LogP contribution in [0.1, 0.15) is 35.6 Å². The van der Waals surface area contributed by atoms with Crippen molar-refractivity contribution in [3.8, 4) is 6.07 Å². The monoisotopic (exact) mass is 312 g/mol. The summed E-state index contributed by atoms with van der Waals surface area (Å²) in [5, 5.41) is 8.79. The lowest BCUT2D eigenvalue weighted by molar-refractivity contribution is 0.507. The van der Waals surface area contributed by atoms with Gasteiger partial charge in [-0.05, 0) is 54.7 Å². The van der Waals surface area contributed by atoms with Crippen LogP contribution in [0.25, 0.3) is 0 Å². The highest BCUT2D eigenvalue weighted by Crippen LogP contribution is 2.30. The molecule has 5 heteroatoms. The van der Waals surface area contributed by atoms with E-state index in [1.807, 2.05) is 24.3 Å². The number of nitrogens with zero attached hydrogens (tertiary/aromatic N) is 1. The number of benzene rings is 2. The van der Waals surface area contributed by atoms with Crippen molar-refractivity contribution in [1.82, 2.24) is 4.72 Å². The van der Waals surface area contributed by atoms with Crippen LogP contribution >= 0.6 is 0 Å². The second-order valence-electron chi connectivity index (χ2n) is 5.40. The molecule has 0 aromatic heterocycles. The number of sulfonamides is 1. The zero-order valence-electron chi connectivity index (χ0n) is 12.0. The SMILES string of the molecule is N#Cc1ccc(S(=O)(=O)NC2CCCc3ccccc32)cc1. The Bertz CT molecular complexity index is 820. The number of hydrogen-bond acceptors (Lipinski definition) is 3. The average Bonchev–Trinajstić information content (AvgIpc) is 2.55. The molecule has 0 fully saturated rings. The van der Waals surface area contributed by atoms with Crippen molar-refractivity contribution in [3.05, 3.63) is 65.2 Å². The summed E-state index contributed by atoms with van der Waals surface area (Å²) in [5.74, 6) is 0. The van der Waals surface area contributed by atoms with Crippen LogP contribution in [-0.2, 0) is 16.4 Å². The molecule has 0 bridgehead atoms. The topological polar surface area (TPSA) is 70.0 Å². The van der Waals surface area contributed by atoms with Gasteiger partial charge >= 0.3 is 0 Å². The smallest absolute Gasteiger partial charge is 0.207 e. The van der Waals surface area contributed by atoms with Crippen LogP contribution in [0.3, 0.4) is 0 Å². The maximum absolute atomic E-state index is 12.5. The molecule has 0 saturated carbocycles. The normalized spacial score (nSPS) is 17.5. The number of hydrogen-bond donors (Lipinski definition) is 1. The summed E-state index contributed by atoms with van der Waals surface area (Å²) >= 11 is 0. The molecule has 4 nitrogen and oxygen atoms in total. The lowest BCUT2D eigenvalue weighted by Crippen LogP contribution is -2.31. The molecule has 22 heavy (non-hydrogen) atoms. The Labute approximate surface area is 130 Å². The largest absolute Gasteiger partial charge is 0.241 e. The summed E-state index contributed by atoms with van der Waals surface area (Å²) in [6.45, 7) is 0. The van der Waals surface area contributed by atoms with E-state index in [1.165, 1.54) is 29.8 Å². The first-order chi connectivity index (χ1) is 10.6. The highest BCUT2D eigenvalue weighted by Gasteiger charge is 2.25. The highest BCUT2D eigenvalue weighted by molar-refractivity contribution is 7.89. The number of aryl methyl sites for hydroxylation is 1. The second kappa shape index (κ2) is 5.91. The molecule has 0 amide bonds. The van der Waals surface area contributed by atoms with Crippen molar-refractivity contribution in [1.29, 1.82) is 5.26 Å². The van der Waals surface area contributed by atoms with E-state index in [0.717, 1.165) is 24.8 Å². The van der Waals surface area contributed by atoms with Gasteiger partial charge in [0.2, 0.25) is 10.0 Å². The molecule has 1 atom stereocenters. The van der Waals surface area contributed by atoms with Crippen molar-refractivity contribution >= 4 is 10.0 Å². The third-order valence-corrected chi connectivity index (χ3v) is 5.45. The lowest BCUT2D eigenvalue weighted by Gasteiger charge is -2.26. The molecule has 2 aromatic carbocycles. The number of nitriles is 1. The maximum atomic E-state index is 12.5. The van der Waals surface area contributed by atoms with Crippen molar-refractivity contribution in [2.24, 2.45) is 0 Å². The molecule has 0 saturated heterocycles. The zero-order valence-corrected chi connectivity index (χ0v) is 12.8. The van der Waals surface area contributed by atoms with Gasteiger partial charge in [-0.2, -0.15) is 5.26 Å². The van der Waals surface area contributed by atoms with Crippen LogP contribution in [0.5, 0.6) is 0 Å².